The van der Waals surface area contributed by atoms with Crippen LogP contribution in [0.5, 0.6) is 0 Å². The van der Waals surface area contributed by atoms with E-state index in [4.69, 9.17) is 0 Å². The highest BCUT2D eigenvalue weighted by Crippen LogP contribution is 2.16. The van der Waals surface area contributed by atoms with E-state index < -0.39 is 17.9 Å². The highest BCUT2D eigenvalue weighted by molar-refractivity contribution is 6.07. The standard InChI is InChI=1S/C15H19N3O3/c1-3-12-14(20)17-13(19)9-18(12)15(21)10-5-7-11(8-6-10)16-4-2/h5-8,12,16H,3-4,9H2,1-2H3,(H,17,19,20). The number of piperazine rings is 1. The van der Waals surface area contributed by atoms with E-state index in [-0.39, 0.29) is 12.5 Å². The summed E-state index contributed by atoms with van der Waals surface area (Å²) in [6.45, 7) is 4.52. The van der Waals surface area contributed by atoms with Crippen molar-refractivity contribution in [2.75, 3.05) is 18.4 Å². The molecule has 1 aromatic carbocycles. The number of carbonyl (C=O) groups excluding carboxylic acids is 3. The predicted octanol–water partition coefficient (Wildman–Crippen LogP) is 0.996. The summed E-state index contributed by atoms with van der Waals surface area (Å²) < 4.78 is 0. The number of anilines is 1. The summed E-state index contributed by atoms with van der Waals surface area (Å²) in [5.74, 6) is -1.15. The second kappa shape index (κ2) is 6.39. The highest BCUT2D eigenvalue weighted by Gasteiger charge is 2.35. The lowest BCUT2D eigenvalue weighted by Gasteiger charge is -2.33. The lowest BCUT2D eigenvalue weighted by molar-refractivity contribution is -0.138. The van der Waals surface area contributed by atoms with E-state index in [1.165, 1.54) is 4.90 Å². The van der Waals surface area contributed by atoms with Crippen molar-refractivity contribution in [3.8, 4) is 0 Å². The molecule has 1 aromatic rings. The number of amides is 3. The van der Waals surface area contributed by atoms with Gasteiger partial charge in [-0.15, -0.1) is 0 Å². The fourth-order valence-electron chi connectivity index (χ4n) is 2.39. The van der Waals surface area contributed by atoms with Crippen molar-refractivity contribution >= 4 is 23.4 Å². The van der Waals surface area contributed by atoms with Crippen molar-refractivity contribution < 1.29 is 14.4 Å². The highest BCUT2D eigenvalue weighted by atomic mass is 16.2. The Morgan fingerprint density at radius 3 is 2.52 bits per heavy atom. The minimum Gasteiger partial charge on any atom is -0.385 e. The van der Waals surface area contributed by atoms with E-state index in [1.807, 2.05) is 26.0 Å². The van der Waals surface area contributed by atoms with Gasteiger partial charge in [-0.2, -0.15) is 0 Å². The summed E-state index contributed by atoms with van der Waals surface area (Å²) in [6, 6.07) is 6.42. The Kier molecular flexibility index (Phi) is 4.57. The molecule has 21 heavy (non-hydrogen) atoms. The molecule has 1 heterocycles. The molecule has 1 fully saturated rings. The van der Waals surface area contributed by atoms with E-state index in [0.717, 1.165) is 12.2 Å². The molecule has 3 amide bonds. The van der Waals surface area contributed by atoms with Gasteiger partial charge in [0, 0.05) is 17.8 Å². The first-order chi connectivity index (χ1) is 10.1. The van der Waals surface area contributed by atoms with Gasteiger partial charge < -0.3 is 10.2 Å². The molecule has 6 nitrogen and oxygen atoms in total. The first-order valence-corrected chi connectivity index (χ1v) is 7.05. The molecule has 0 spiro atoms. The molecular formula is C15H19N3O3. The second-order valence-corrected chi connectivity index (χ2v) is 4.88. The van der Waals surface area contributed by atoms with Crippen LogP contribution in [0.25, 0.3) is 0 Å². The smallest absolute Gasteiger partial charge is 0.255 e. The van der Waals surface area contributed by atoms with Crippen LogP contribution < -0.4 is 10.6 Å². The maximum atomic E-state index is 12.5. The Bertz CT molecular complexity index is 554. The van der Waals surface area contributed by atoms with E-state index in [1.54, 1.807) is 12.1 Å². The van der Waals surface area contributed by atoms with Crippen LogP contribution >= 0.6 is 0 Å². The molecule has 0 aromatic heterocycles. The fraction of sp³-hybridized carbons (Fsp3) is 0.400. The summed E-state index contributed by atoms with van der Waals surface area (Å²) >= 11 is 0. The molecule has 0 aliphatic carbocycles. The molecule has 1 aliphatic rings. The summed E-state index contributed by atoms with van der Waals surface area (Å²) in [7, 11) is 0. The molecule has 6 heteroatoms. The molecule has 2 N–H and O–H groups in total. The van der Waals surface area contributed by atoms with Gasteiger partial charge in [-0.1, -0.05) is 6.92 Å². The van der Waals surface area contributed by atoms with Crippen LogP contribution in [0.1, 0.15) is 30.6 Å². The van der Waals surface area contributed by atoms with Crippen molar-refractivity contribution in [2.45, 2.75) is 26.3 Å². The third-order valence-corrected chi connectivity index (χ3v) is 3.42. The fourth-order valence-corrected chi connectivity index (χ4v) is 2.39. The molecule has 0 saturated carbocycles. The number of carbonyl (C=O) groups is 3. The van der Waals surface area contributed by atoms with E-state index in [0.29, 0.717) is 12.0 Å². The molecular weight excluding hydrogens is 270 g/mol. The summed E-state index contributed by atoms with van der Waals surface area (Å²) in [4.78, 5) is 37.1. The van der Waals surface area contributed by atoms with Gasteiger partial charge in [-0.05, 0) is 37.6 Å². The van der Waals surface area contributed by atoms with Gasteiger partial charge in [0.1, 0.15) is 12.6 Å². The monoisotopic (exact) mass is 289 g/mol. The molecule has 1 atom stereocenters. The minimum atomic E-state index is -0.594. The van der Waals surface area contributed by atoms with E-state index in [9.17, 15) is 14.4 Å². The van der Waals surface area contributed by atoms with Crippen LogP contribution in [-0.4, -0.2) is 41.8 Å². The number of benzene rings is 1. The van der Waals surface area contributed by atoms with Gasteiger partial charge in [-0.3, -0.25) is 19.7 Å². The molecule has 1 unspecified atom stereocenters. The molecule has 112 valence electrons. The largest absolute Gasteiger partial charge is 0.385 e. The molecule has 2 rings (SSSR count). The number of hydrogen-bond donors (Lipinski definition) is 2. The minimum absolute atomic E-state index is 0.0853. The normalized spacial score (nSPS) is 18.4. The van der Waals surface area contributed by atoms with Crippen LogP contribution in [0.2, 0.25) is 0 Å². The zero-order valence-corrected chi connectivity index (χ0v) is 12.2. The van der Waals surface area contributed by atoms with Gasteiger partial charge >= 0.3 is 0 Å². The molecule has 0 bridgehead atoms. The quantitative estimate of drug-likeness (QED) is 0.810. The summed E-state index contributed by atoms with van der Waals surface area (Å²) in [6.07, 6.45) is 0.473. The predicted molar refractivity (Wildman–Crippen MR) is 78.9 cm³/mol. The van der Waals surface area contributed by atoms with Crippen molar-refractivity contribution in [1.82, 2.24) is 10.2 Å². The average molecular weight is 289 g/mol. The Labute approximate surface area is 123 Å². The second-order valence-electron chi connectivity index (χ2n) is 4.88. The Hall–Kier alpha value is -2.37. The third kappa shape index (κ3) is 3.21. The zero-order valence-electron chi connectivity index (χ0n) is 12.2. The van der Waals surface area contributed by atoms with Crippen LogP contribution in [-0.2, 0) is 9.59 Å². The number of imide groups is 1. The number of rotatable bonds is 4. The van der Waals surface area contributed by atoms with Gasteiger partial charge in [0.25, 0.3) is 5.91 Å². The van der Waals surface area contributed by atoms with Crippen LogP contribution in [0, 0.1) is 0 Å². The number of nitrogens with one attached hydrogen (secondary N) is 2. The maximum Gasteiger partial charge on any atom is 0.255 e. The van der Waals surface area contributed by atoms with Gasteiger partial charge in [0.05, 0.1) is 0 Å². The van der Waals surface area contributed by atoms with E-state index in [2.05, 4.69) is 10.6 Å². The molecule has 1 saturated heterocycles. The zero-order chi connectivity index (χ0) is 15.4. The van der Waals surface area contributed by atoms with Crippen LogP contribution in [0.3, 0.4) is 0 Å². The molecule has 1 aliphatic heterocycles. The Balaban J connectivity index is 2.20. The van der Waals surface area contributed by atoms with Crippen LogP contribution in [0.15, 0.2) is 24.3 Å². The Morgan fingerprint density at radius 1 is 1.29 bits per heavy atom. The van der Waals surface area contributed by atoms with Crippen LogP contribution in [0.4, 0.5) is 5.69 Å². The van der Waals surface area contributed by atoms with Crippen molar-refractivity contribution in [3.63, 3.8) is 0 Å². The van der Waals surface area contributed by atoms with Gasteiger partial charge in [-0.25, -0.2) is 0 Å². The van der Waals surface area contributed by atoms with E-state index >= 15 is 0 Å². The summed E-state index contributed by atoms with van der Waals surface area (Å²) in [5, 5.41) is 5.40. The SMILES string of the molecule is CCNc1ccc(C(=O)N2CC(=O)NC(=O)C2CC)cc1. The number of nitrogens with zero attached hydrogens (tertiary/aromatic N) is 1. The van der Waals surface area contributed by atoms with Gasteiger partial charge in [0.2, 0.25) is 11.8 Å². The number of hydrogen-bond acceptors (Lipinski definition) is 4. The lowest BCUT2D eigenvalue weighted by Crippen LogP contribution is -2.59. The van der Waals surface area contributed by atoms with Gasteiger partial charge in [0.15, 0.2) is 0 Å². The average Bonchev–Trinajstić information content (AvgIpc) is 2.47. The lowest BCUT2D eigenvalue weighted by atomic mass is 10.1. The van der Waals surface area contributed by atoms with Crippen molar-refractivity contribution in [2.24, 2.45) is 0 Å². The molecule has 0 radical (unpaired) electrons. The maximum absolute atomic E-state index is 12.5. The third-order valence-electron chi connectivity index (χ3n) is 3.42. The summed E-state index contributed by atoms with van der Waals surface area (Å²) in [5.41, 5.74) is 1.39. The first-order valence-electron chi connectivity index (χ1n) is 7.05. The van der Waals surface area contributed by atoms with Crippen molar-refractivity contribution in [1.29, 1.82) is 0 Å². The Morgan fingerprint density at radius 2 is 1.95 bits per heavy atom. The van der Waals surface area contributed by atoms with Crippen molar-refractivity contribution in [3.05, 3.63) is 29.8 Å². The topological polar surface area (TPSA) is 78.5 Å². The first kappa shape index (κ1) is 15.0.